The molecular formula is C22H36N4O5. The van der Waals surface area contributed by atoms with E-state index >= 15 is 0 Å². The zero-order valence-corrected chi connectivity index (χ0v) is 19.7. The van der Waals surface area contributed by atoms with E-state index < -0.39 is 5.60 Å². The molecule has 1 aromatic rings. The summed E-state index contributed by atoms with van der Waals surface area (Å²) in [4.78, 5) is 18.5. The normalized spacial score (nSPS) is 14.0. The second-order valence-corrected chi connectivity index (χ2v) is 8.29. The van der Waals surface area contributed by atoms with Crippen molar-refractivity contribution >= 4 is 12.1 Å². The molecule has 2 rings (SSSR count). The molecule has 0 spiro atoms. The van der Waals surface area contributed by atoms with Crippen LogP contribution in [0.2, 0.25) is 0 Å². The van der Waals surface area contributed by atoms with Crippen LogP contribution in [0.4, 0.5) is 4.79 Å². The molecule has 174 valence electrons. The van der Waals surface area contributed by atoms with Crippen molar-refractivity contribution in [3.8, 4) is 17.2 Å². The van der Waals surface area contributed by atoms with E-state index in [2.05, 4.69) is 15.6 Å². The van der Waals surface area contributed by atoms with Gasteiger partial charge in [-0.15, -0.1) is 0 Å². The monoisotopic (exact) mass is 436 g/mol. The van der Waals surface area contributed by atoms with Crippen LogP contribution in [-0.2, 0) is 11.3 Å². The maximum Gasteiger partial charge on any atom is 0.410 e. The third-order valence-corrected chi connectivity index (χ3v) is 4.67. The molecule has 0 bridgehead atoms. The third-order valence-electron chi connectivity index (χ3n) is 4.67. The quantitative estimate of drug-likeness (QED) is 0.454. The van der Waals surface area contributed by atoms with Crippen LogP contribution in [0.15, 0.2) is 17.1 Å². The van der Waals surface area contributed by atoms with Crippen LogP contribution in [-0.4, -0.2) is 70.1 Å². The van der Waals surface area contributed by atoms with Crippen molar-refractivity contribution in [3.05, 3.63) is 17.7 Å². The lowest BCUT2D eigenvalue weighted by Gasteiger charge is -2.27. The maximum atomic E-state index is 12.5. The van der Waals surface area contributed by atoms with Gasteiger partial charge in [0.1, 0.15) is 5.60 Å². The topological polar surface area (TPSA) is 93.7 Å². The number of hydrogen-bond acceptors (Lipinski definition) is 6. The predicted molar refractivity (Wildman–Crippen MR) is 120 cm³/mol. The Kier molecular flexibility index (Phi) is 8.65. The number of ether oxygens (including phenoxy) is 4. The Labute approximate surface area is 185 Å². The van der Waals surface area contributed by atoms with Crippen molar-refractivity contribution in [3.63, 3.8) is 0 Å². The van der Waals surface area contributed by atoms with E-state index in [1.165, 1.54) is 0 Å². The molecule has 0 radical (unpaired) electrons. The van der Waals surface area contributed by atoms with E-state index in [9.17, 15) is 4.79 Å². The summed E-state index contributed by atoms with van der Waals surface area (Å²) >= 11 is 0. The molecule has 1 aliphatic carbocycles. The van der Waals surface area contributed by atoms with Gasteiger partial charge in [-0.3, -0.25) is 4.99 Å². The molecule has 9 heteroatoms. The largest absolute Gasteiger partial charge is 0.493 e. The van der Waals surface area contributed by atoms with Crippen LogP contribution in [0.1, 0.15) is 39.2 Å². The van der Waals surface area contributed by atoms with Crippen molar-refractivity contribution in [1.29, 1.82) is 0 Å². The van der Waals surface area contributed by atoms with Gasteiger partial charge >= 0.3 is 6.09 Å². The van der Waals surface area contributed by atoms with Gasteiger partial charge in [0.05, 0.1) is 21.3 Å². The molecule has 1 amide bonds. The fourth-order valence-corrected chi connectivity index (χ4v) is 3.07. The lowest BCUT2D eigenvalue weighted by Crippen LogP contribution is -2.45. The minimum atomic E-state index is -0.504. The van der Waals surface area contributed by atoms with Crippen molar-refractivity contribution in [1.82, 2.24) is 15.5 Å². The first-order valence-electron chi connectivity index (χ1n) is 10.5. The van der Waals surface area contributed by atoms with E-state index in [1.54, 1.807) is 33.3 Å². The fraction of sp³-hybridized carbons (Fsp3) is 0.636. The van der Waals surface area contributed by atoms with Crippen LogP contribution in [0.5, 0.6) is 17.2 Å². The van der Waals surface area contributed by atoms with Crippen molar-refractivity contribution in [2.24, 2.45) is 4.99 Å². The van der Waals surface area contributed by atoms with Gasteiger partial charge in [-0.05, 0) is 51.3 Å². The molecule has 0 aliphatic heterocycles. The fourth-order valence-electron chi connectivity index (χ4n) is 3.07. The molecule has 0 saturated heterocycles. The number of benzene rings is 1. The Bertz CT molecular complexity index is 747. The zero-order valence-electron chi connectivity index (χ0n) is 19.7. The average molecular weight is 437 g/mol. The van der Waals surface area contributed by atoms with Gasteiger partial charge in [-0.1, -0.05) is 0 Å². The molecule has 9 nitrogen and oxygen atoms in total. The summed E-state index contributed by atoms with van der Waals surface area (Å²) in [6.45, 7) is 7.25. The molecule has 0 aromatic heterocycles. The highest BCUT2D eigenvalue weighted by molar-refractivity contribution is 5.79. The number of guanidine groups is 1. The van der Waals surface area contributed by atoms with E-state index in [4.69, 9.17) is 18.9 Å². The van der Waals surface area contributed by atoms with Gasteiger partial charge in [0.2, 0.25) is 5.75 Å². The van der Waals surface area contributed by atoms with Crippen LogP contribution in [0.3, 0.4) is 0 Å². The highest BCUT2D eigenvalue weighted by Gasteiger charge is 2.34. The second kappa shape index (κ2) is 11.0. The first-order chi connectivity index (χ1) is 14.7. The van der Waals surface area contributed by atoms with Gasteiger partial charge in [0.25, 0.3) is 0 Å². The second-order valence-electron chi connectivity index (χ2n) is 8.29. The molecule has 2 N–H and O–H groups in total. The van der Waals surface area contributed by atoms with Gasteiger partial charge < -0.3 is 34.5 Å². The van der Waals surface area contributed by atoms with E-state index in [1.807, 2.05) is 32.9 Å². The summed E-state index contributed by atoms with van der Waals surface area (Å²) in [5.41, 5.74) is 0.446. The molecular weight excluding hydrogens is 400 g/mol. The SMILES string of the molecule is CN=C(NCCN(C(=O)OC(C)(C)C)C1CC1)NCc1cc(OC)c(OC)c(OC)c1. The van der Waals surface area contributed by atoms with Gasteiger partial charge in [-0.2, -0.15) is 0 Å². The number of nitrogens with one attached hydrogen (secondary N) is 2. The molecule has 0 atom stereocenters. The number of rotatable bonds is 9. The number of nitrogens with zero attached hydrogens (tertiary/aromatic N) is 2. The number of carbonyl (C=O) groups excluding carboxylic acids is 1. The Morgan fingerprint density at radius 3 is 2.16 bits per heavy atom. The summed E-state index contributed by atoms with van der Waals surface area (Å²) in [5, 5.41) is 6.52. The lowest BCUT2D eigenvalue weighted by molar-refractivity contribution is 0.0238. The standard InChI is InChI=1S/C22H36N4O5/c1-22(2,3)31-21(27)26(16-8-9-16)11-10-24-20(23-4)25-14-15-12-17(28-5)19(30-7)18(13-15)29-6/h12-13,16H,8-11,14H2,1-7H3,(H2,23,24,25). The maximum absolute atomic E-state index is 12.5. The van der Waals surface area contributed by atoms with Crippen LogP contribution >= 0.6 is 0 Å². The molecule has 1 saturated carbocycles. The molecule has 1 aliphatic rings. The highest BCUT2D eigenvalue weighted by atomic mass is 16.6. The number of methoxy groups -OCH3 is 3. The number of hydrogen-bond donors (Lipinski definition) is 2. The smallest absolute Gasteiger partial charge is 0.410 e. The number of amides is 1. The first kappa shape index (κ1) is 24.4. The summed E-state index contributed by atoms with van der Waals surface area (Å²) < 4.78 is 21.7. The van der Waals surface area contributed by atoms with Crippen LogP contribution in [0.25, 0.3) is 0 Å². The highest BCUT2D eigenvalue weighted by Crippen LogP contribution is 2.38. The van der Waals surface area contributed by atoms with Crippen molar-refractivity contribution in [2.45, 2.75) is 51.8 Å². The van der Waals surface area contributed by atoms with Crippen molar-refractivity contribution in [2.75, 3.05) is 41.5 Å². The van der Waals surface area contributed by atoms with Crippen LogP contribution in [0, 0.1) is 0 Å². The summed E-state index contributed by atoms with van der Waals surface area (Å²) in [6.07, 6.45) is 1.78. The molecule has 1 aromatic carbocycles. The minimum Gasteiger partial charge on any atom is -0.493 e. The Morgan fingerprint density at radius 1 is 1.10 bits per heavy atom. The Morgan fingerprint density at radius 2 is 1.71 bits per heavy atom. The zero-order chi connectivity index (χ0) is 23.0. The minimum absolute atomic E-state index is 0.267. The molecule has 0 heterocycles. The van der Waals surface area contributed by atoms with E-state index in [-0.39, 0.29) is 12.1 Å². The first-order valence-corrected chi connectivity index (χ1v) is 10.5. The lowest BCUT2D eigenvalue weighted by atomic mass is 10.2. The summed E-state index contributed by atoms with van der Waals surface area (Å²) in [5.74, 6) is 2.38. The van der Waals surface area contributed by atoms with Gasteiger partial charge in [0.15, 0.2) is 17.5 Å². The summed E-state index contributed by atoms with van der Waals surface area (Å²) in [6, 6.07) is 4.05. The van der Waals surface area contributed by atoms with Gasteiger partial charge in [0, 0.05) is 32.7 Å². The van der Waals surface area contributed by atoms with Crippen LogP contribution < -0.4 is 24.8 Å². The van der Waals surface area contributed by atoms with E-state index in [0.717, 1.165) is 18.4 Å². The molecule has 0 unspecified atom stereocenters. The van der Waals surface area contributed by atoms with Gasteiger partial charge in [-0.25, -0.2) is 4.79 Å². The Balaban J connectivity index is 1.91. The summed E-state index contributed by atoms with van der Waals surface area (Å²) in [7, 11) is 6.46. The average Bonchev–Trinajstić information content (AvgIpc) is 3.56. The molecule has 1 fully saturated rings. The number of aliphatic imine (C=N–C) groups is 1. The molecule has 31 heavy (non-hydrogen) atoms. The predicted octanol–water partition coefficient (Wildman–Crippen LogP) is 2.78. The third kappa shape index (κ3) is 7.41. The number of carbonyl (C=O) groups is 1. The van der Waals surface area contributed by atoms with Crippen molar-refractivity contribution < 1.29 is 23.7 Å². The Hall–Kier alpha value is -2.84. The van der Waals surface area contributed by atoms with E-state index in [0.29, 0.717) is 42.8 Å².